The van der Waals surface area contributed by atoms with Crippen molar-refractivity contribution in [3.63, 3.8) is 0 Å². The van der Waals surface area contributed by atoms with Gasteiger partial charge in [-0.2, -0.15) is 0 Å². The van der Waals surface area contributed by atoms with E-state index in [1.807, 2.05) is 4.98 Å². The van der Waals surface area contributed by atoms with Gasteiger partial charge in [0.2, 0.25) is 5.91 Å². The predicted octanol–water partition coefficient (Wildman–Crippen LogP) is -0.812. The van der Waals surface area contributed by atoms with Crippen LogP contribution in [0, 0.1) is 0 Å². The second-order valence-corrected chi connectivity index (χ2v) is 2.18. The SMILES string of the molecule is C=CC(=O)Nc1c[nH]c(=O)[nH]c1=O. The molecule has 1 heterocycles. The summed E-state index contributed by atoms with van der Waals surface area (Å²) in [6.45, 7) is 3.21. The van der Waals surface area contributed by atoms with Crippen LogP contribution in [0.2, 0.25) is 0 Å². The summed E-state index contributed by atoms with van der Waals surface area (Å²) in [5, 5.41) is 2.22. The predicted molar refractivity (Wildman–Crippen MR) is 46.5 cm³/mol. The Hall–Kier alpha value is -2.11. The zero-order valence-corrected chi connectivity index (χ0v) is 6.59. The molecule has 0 atom stereocenters. The third-order valence-electron chi connectivity index (χ3n) is 1.26. The number of hydrogen-bond donors (Lipinski definition) is 3. The van der Waals surface area contributed by atoms with E-state index in [9.17, 15) is 14.4 Å². The molecule has 0 radical (unpaired) electrons. The maximum Gasteiger partial charge on any atom is 0.325 e. The molecule has 0 fully saturated rings. The molecule has 0 spiro atoms. The summed E-state index contributed by atoms with van der Waals surface area (Å²) in [6.07, 6.45) is 2.13. The lowest BCUT2D eigenvalue weighted by atomic mass is 10.5. The van der Waals surface area contributed by atoms with E-state index in [0.717, 1.165) is 12.3 Å². The Bertz CT molecular complexity index is 443. The minimum atomic E-state index is -0.654. The van der Waals surface area contributed by atoms with Crippen molar-refractivity contribution in [1.29, 1.82) is 0 Å². The summed E-state index contributed by atoms with van der Waals surface area (Å²) in [5.74, 6) is -0.516. The lowest BCUT2D eigenvalue weighted by Crippen LogP contribution is -2.25. The summed E-state index contributed by atoms with van der Waals surface area (Å²) in [7, 11) is 0. The molecule has 0 saturated carbocycles. The van der Waals surface area contributed by atoms with Gasteiger partial charge in [0.25, 0.3) is 5.56 Å². The monoisotopic (exact) mass is 181 g/mol. The molecule has 0 aliphatic heterocycles. The highest BCUT2D eigenvalue weighted by Crippen LogP contribution is 1.91. The van der Waals surface area contributed by atoms with Crippen molar-refractivity contribution in [1.82, 2.24) is 9.97 Å². The first-order valence-corrected chi connectivity index (χ1v) is 3.39. The number of aromatic nitrogens is 2. The summed E-state index contributed by atoms with van der Waals surface area (Å²) in [6, 6.07) is 0. The Morgan fingerprint density at radius 2 is 2.23 bits per heavy atom. The molecule has 0 unspecified atom stereocenters. The second-order valence-electron chi connectivity index (χ2n) is 2.18. The van der Waals surface area contributed by atoms with Gasteiger partial charge in [0.1, 0.15) is 5.69 Å². The first-order valence-electron chi connectivity index (χ1n) is 3.39. The van der Waals surface area contributed by atoms with Gasteiger partial charge in [-0.25, -0.2) is 4.79 Å². The van der Waals surface area contributed by atoms with Crippen molar-refractivity contribution in [2.75, 3.05) is 5.32 Å². The third-order valence-corrected chi connectivity index (χ3v) is 1.26. The van der Waals surface area contributed by atoms with Gasteiger partial charge >= 0.3 is 5.69 Å². The van der Waals surface area contributed by atoms with E-state index in [0.29, 0.717) is 0 Å². The largest absolute Gasteiger partial charge is 0.325 e. The molecule has 1 aromatic heterocycles. The smallest absolute Gasteiger partial charge is 0.317 e. The second kappa shape index (κ2) is 3.53. The molecule has 0 aliphatic carbocycles. The van der Waals surface area contributed by atoms with Crippen molar-refractivity contribution in [2.24, 2.45) is 0 Å². The first-order chi connectivity index (χ1) is 6.13. The van der Waals surface area contributed by atoms with Gasteiger partial charge in [-0.05, 0) is 6.08 Å². The van der Waals surface area contributed by atoms with Crippen LogP contribution < -0.4 is 16.6 Å². The number of hydrogen-bond acceptors (Lipinski definition) is 3. The van der Waals surface area contributed by atoms with Crippen molar-refractivity contribution in [3.8, 4) is 0 Å². The normalized spacial score (nSPS) is 9.23. The van der Waals surface area contributed by atoms with Crippen LogP contribution in [0.1, 0.15) is 0 Å². The Kier molecular flexibility index (Phi) is 2.44. The molecule has 1 amide bonds. The summed E-state index contributed by atoms with van der Waals surface area (Å²) in [5.41, 5.74) is -1.30. The molecule has 1 aromatic rings. The quantitative estimate of drug-likeness (QED) is 0.520. The van der Waals surface area contributed by atoms with Crippen LogP contribution in [0.5, 0.6) is 0 Å². The first kappa shape index (κ1) is 8.98. The van der Waals surface area contributed by atoms with E-state index in [-0.39, 0.29) is 5.69 Å². The van der Waals surface area contributed by atoms with Gasteiger partial charge in [0.05, 0.1) is 0 Å². The third kappa shape index (κ3) is 2.16. The summed E-state index contributed by atoms with van der Waals surface area (Å²) in [4.78, 5) is 36.4. The molecule has 6 heteroatoms. The molecule has 13 heavy (non-hydrogen) atoms. The van der Waals surface area contributed by atoms with E-state index in [1.165, 1.54) is 0 Å². The molecular formula is C7H7N3O3. The molecule has 3 N–H and O–H groups in total. The Labute approximate surface area is 72.3 Å². The lowest BCUT2D eigenvalue weighted by molar-refractivity contribution is -0.111. The van der Waals surface area contributed by atoms with Crippen LogP contribution in [0.4, 0.5) is 5.69 Å². The van der Waals surface area contributed by atoms with E-state index >= 15 is 0 Å². The standard InChI is InChI=1S/C7H7N3O3/c1-2-5(11)9-4-3-8-7(13)10-6(4)12/h2-3H,1H2,(H,9,11)(H2,8,10,12,13). The topological polar surface area (TPSA) is 94.8 Å². The molecule has 0 saturated heterocycles. The average Bonchev–Trinajstić information content (AvgIpc) is 2.09. The molecule has 0 bridgehead atoms. The zero-order chi connectivity index (χ0) is 9.84. The number of carbonyl (C=O) groups excluding carboxylic acids is 1. The van der Waals surface area contributed by atoms with Gasteiger partial charge in [-0.15, -0.1) is 0 Å². The number of nitrogens with one attached hydrogen (secondary N) is 3. The van der Waals surface area contributed by atoms with Crippen LogP contribution in [0.15, 0.2) is 28.4 Å². The minimum Gasteiger partial charge on any atom is -0.317 e. The van der Waals surface area contributed by atoms with Gasteiger partial charge in [-0.1, -0.05) is 6.58 Å². The molecule has 68 valence electrons. The highest BCUT2D eigenvalue weighted by atomic mass is 16.2. The number of carbonyl (C=O) groups is 1. The number of H-pyrrole nitrogens is 2. The van der Waals surface area contributed by atoms with E-state index < -0.39 is 17.2 Å². The molecule has 1 rings (SSSR count). The summed E-state index contributed by atoms with van der Waals surface area (Å²) >= 11 is 0. The van der Waals surface area contributed by atoms with Crippen LogP contribution in [0.25, 0.3) is 0 Å². The van der Waals surface area contributed by atoms with E-state index in [2.05, 4.69) is 16.9 Å². The van der Waals surface area contributed by atoms with Crippen molar-refractivity contribution in [3.05, 3.63) is 39.7 Å². The Balaban J connectivity index is 3.03. The molecule has 0 aromatic carbocycles. The maximum absolute atomic E-state index is 11.0. The van der Waals surface area contributed by atoms with Crippen LogP contribution >= 0.6 is 0 Å². The van der Waals surface area contributed by atoms with Crippen LogP contribution in [-0.4, -0.2) is 15.9 Å². The highest BCUT2D eigenvalue weighted by molar-refractivity contribution is 5.98. The number of amides is 1. The van der Waals surface area contributed by atoms with Crippen molar-refractivity contribution in [2.45, 2.75) is 0 Å². The van der Waals surface area contributed by atoms with E-state index in [4.69, 9.17) is 0 Å². The molecular weight excluding hydrogens is 174 g/mol. The highest BCUT2D eigenvalue weighted by Gasteiger charge is 2.01. The fourth-order valence-corrected chi connectivity index (χ4v) is 0.686. The minimum absolute atomic E-state index is 0.0236. The summed E-state index contributed by atoms with van der Waals surface area (Å²) < 4.78 is 0. The average molecular weight is 181 g/mol. The number of anilines is 1. The maximum atomic E-state index is 11.0. The fraction of sp³-hybridized carbons (Fsp3) is 0. The number of aromatic amines is 2. The van der Waals surface area contributed by atoms with E-state index in [1.54, 1.807) is 0 Å². The van der Waals surface area contributed by atoms with Crippen molar-refractivity contribution >= 4 is 11.6 Å². The van der Waals surface area contributed by atoms with Gasteiger partial charge < -0.3 is 10.3 Å². The van der Waals surface area contributed by atoms with Crippen LogP contribution in [-0.2, 0) is 4.79 Å². The Morgan fingerprint density at radius 3 is 2.77 bits per heavy atom. The van der Waals surface area contributed by atoms with Crippen LogP contribution in [0.3, 0.4) is 0 Å². The van der Waals surface area contributed by atoms with Gasteiger partial charge in [-0.3, -0.25) is 14.6 Å². The Morgan fingerprint density at radius 1 is 1.54 bits per heavy atom. The zero-order valence-electron chi connectivity index (χ0n) is 6.59. The van der Waals surface area contributed by atoms with Crippen molar-refractivity contribution < 1.29 is 4.79 Å². The van der Waals surface area contributed by atoms with Gasteiger partial charge in [0, 0.05) is 6.20 Å². The molecule has 6 nitrogen and oxygen atoms in total. The lowest BCUT2D eigenvalue weighted by Gasteiger charge is -1.97. The fourth-order valence-electron chi connectivity index (χ4n) is 0.686. The number of rotatable bonds is 2. The van der Waals surface area contributed by atoms with Gasteiger partial charge in [0.15, 0.2) is 0 Å². The molecule has 0 aliphatic rings.